The van der Waals surface area contributed by atoms with Crippen molar-refractivity contribution >= 4 is 15.9 Å². The third-order valence-electron chi connectivity index (χ3n) is 3.24. The zero-order valence-corrected chi connectivity index (χ0v) is 12.0. The second-order valence-corrected chi connectivity index (χ2v) is 5.93. The molecule has 88 valence electrons. The molecule has 1 nitrogen and oxygen atoms in total. The van der Waals surface area contributed by atoms with Crippen LogP contribution in [-0.4, -0.2) is 0 Å². The van der Waals surface area contributed by atoms with Gasteiger partial charge in [-0.2, -0.15) is 0 Å². The summed E-state index contributed by atoms with van der Waals surface area (Å²) >= 11 is 3.78. The molecule has 16 heavy (non-hydrogen) atoms. The zero-order chi connectivity index (χ0) is 11.9. The van der Waals surface area contributed by atoms with Crippen molar-refractivity contribution in [2.75, 3.05) is 0 Å². The summed E-state index contributed by atoms with van der Waals surface area (Å²) in [6.07, 6.45) is 0. The SMILES string of the molecule is CC(C)c1cc2c(c(C(C)C)c1Br)COC2. The summed E-state index contributed by atoms with van der Waals surface area (Å²) in [6, 6.07) is 2.31. The number of hydrogen-bond acceptors (Lipinski definition) is 1. The molecular weight excluding hydrogens is 264 g/mol. The Balaban J connectivity index is 2.65. The zero-order valence-electron chi connectivity index (χ0n) is 10.4. The van der Waals surface area contributed by atoms with Gasteiger partial charge in [0.15, 0.2) is 0 Å². The van der Waals surface area contributed by atoms with Crippen LogP contribution in [0, 0.1) is 0 Å². The van der Waals surface area contributed by atoms with E-state index in [1.54, 1.807) is 0 Å². The quantitative estimate of drug-likeness (QED) is 0.762. The minimum absolute atomic E-state index is 0.545. The van der Waals surface area contributed by atoms with E-state index in [0.29, 0.717) is 11.8 Å². The Morgan fingerprint density at radius 2 is 1.81 bits per heavy atom. The van der Waals surface area contributed by atoms with Crippen LogP contribution in [-0.2, 0) is 18.0 Å². The molecule has 0 aromatic heterocycles. The molecule has 2 rings (SSSR count). The summed E-state index contributed by atoms with van der Waals surface area (Å²) in [4.78, 5) is 0. The van der Waals surface area contributed by atoms with Crippen molar-refractivity contribution in [1.29, 1.82) is 0 Å². The monoisotopic (exact) mass is 282 g/mol. The number of rotatable bonds is 2. The lowest BCUT2D eigenvalue weighted by molar-refractivity contribution is 0.134. The van der Waals surface area contributed by atoms with Crippen LogP contribution < -0.4 is 0 Å². The summed E-state index contributed by atoms with van der Waals surface area (Å²) in [6.45, 7) is 10.5. The first-order valence-electron chi connectivity index (χ1n) is 5.94. The lowest BCUT2D eigenvalue weighted by Crippen LogP contribution is -2.02. The predicted octanol–water partition coefficient (Wildman–Crippen LogP) is 4.73. The van der Waals surface area contributed by atoms with Gasteiger partial charge in [-0.15, -0.1) is 0 Å². The van der Waals surface area contributed by atoms with E-state index in [4.69, 9.17) is 4.74 Å². The molecule has 2 heteroatoms. The van der Waals surface area contributed by atoms with E-state index in [-0.39, 0.29) is 0 Å². The highest BCUT2D eigenvalue weighted by Gasteiger charge is 2.23. The van der Waals surface area contributed by atoms with E-state index < -0.39 is 0 Å². The fourth-order valence-corrected chi connectivity index (χ4v) is 3.65. The summed E-state index contributed by atoms with van der Waals surface area (Å²) in [7, 11) is 0. The van der Waals surface area contributed by atoms with Gasteiger partial charge in [-0.3, -0.25) is 0 Å². The van der Waals surface area contributed by atoms with Crippen LogP contribution in [0.5, 0.6) is 0 Å². The smallest absolute Gasteiger partial charge is 0.0728 e. The highest BCUT2D eigenvalue weighted by molar-refractivity contribution is 9.10. The molecule has 0 fully saturated rings. The van der Waals surface area contributed by atoms with E-state index in [0.717, 1.165) is 13.2 Å². The molecule has 0 N–H and O–H groups in total. The molecule has 1 aromatic carbocycles. The number of fused-ring (bicyclic) bond motifs is 1. The van der Waals surface area contributed by atoms with Gasteiger partial charge in [0.25, 0.3) is 0 Å². The van der Waals surface area contributed by atoms with Gasteiger partial charge in [-0.05, 0) is 34.1 Å². The molecule has 1 aliphatic rings. The second kappa shape index (κ2) is 4.50. The van der Waals surface area contributed by atoms with Gasteiger partial charge in [0, 0.05) is 4.47 Å². The standard InChI is InChI=1S/C14H19BrO/c1-8(2)11-5-10-6-16-7-12(10)13(9(3)4)14(11)15/h5,8-9H,6-7H2,1-4H3. The van der Waals surface area contributed by atoms with E-state index in [1.807, 2.05) is 0 Å². The first-order chi connectivity index (χ1) is 7.52. The maximum atomic E-state index is 5.57. The van der Waals surface area contributed by atoms with Crippen LogP contribution in [0.2, 0.25) is 0 Å². The minimum atomic E-state index is 0.545. The third-order valence-corrected chi connectivity index (χ3v) is 4.12. The van der Waals surface area contributed by atoms with Crippen molar-refractivity contribution in [3.05, 3.63) is 32.8 Å². The molecule has 1 aromatic rings. The second-order valence-electron chi connectivity index (χ2n) is 5.13. The fourth-order valence-electron chi connectivity index (χ4n) is 2.38. The average Bonchev–Trinajstić information content (AvgIpc) is 2.62. The number of ether oxygens (including phenoxy) is 1. The van der Waals surface area contributed by atoms with Crippen LogP contribution >= 0.6 is 15.9 Å². The van der Waals surface area contributed by atoms with Gasteiger partial charge in [-0.1, -0.05) is 49.7 Å². The number of halogens is 1. The van der Waals surface area contributed by atoms with Crippen LogP contribution in [0.1, 0.15) is 61.8 Å². The molecule has 0 atom stereocenters. The lowest BCUT2D eigenvalue weighted by Gasteiger charge is -2.19. The molecule has 1 aliphatic heterocycles. The van der Waals surface area contributed by atoms with Gasteiger partial charge in [-0.25, -0.2) is 0 Å². The normalized spacial score (nSPS) is 14.9. The molecule has 0 bridgehead atoms. The first-order valence-corrected chi connectivity index (χ1v) is 6.73. The van der Waals surface area contributed by atoms with Crippen molar-refractivity contribution in [1.82, 2.24) is 0 Å². The average molecular weight is 283 g/mol. The van der Waals surface area contributed by atoms with Gasteiger partial charge in [0.05, 0.1) is 13.2 Å². The van der Waals surface area contributed by atoms with Gasteiger partial charge >= 0.3 is 0 Å². The molecule has 0 aliphatic carbocycles. The third kappa shape index (κ3) is 1.93. The van der Waals surface area contributed by atoms with E-state index in [9.17, 15) is 0 Å². The molecule has 0 radical (unpaired) electrons. The maximum absolute atomic E-state index is 5.57. The molecule has 0 saturated heterocycles. The predicted molar refractivity (Wildman–Crippen MR) is 70.8 cm³/mol. The van der Waals surface area contributed by atoms with Crippen LogP contribution in [0.25, 0.3) is 0 Å². The Morgan fingerprint density at radius 3 is 2.38 bits per heavy atom. The number of benzene rings is 1. The minimum Gasteiger partial charge on any atom is -0.372 e. The first kappa shape index (κ1) is 12.1. The van der Waals surface area contributed by atoms with Crippen LogP contribution in [0.4, 0.5) is 0 Å². The van der Waals surface area contributed by atoms with E-state index in [2.05, 4.69) is 49.7 Å². The molecule has 0 spiro atoms. The Bertz CT molecular complexity index is 408. The summed E-state index contributed by atoms with van der Waals surface area (Å²) < 4.78 is 6.87. The Morgan fingerprint density at radius 1 is 1.12 bits per heavy atom. The van der Waals surface area contributed by atoms with E-state index >= 15 is 0 Å². The Kier molecular flexibility index (Phi) is 3.41. The maximum Gasteiger partial charge on any atom is 0.0728 e. The Hall–Kier alpha value is -0.340. The molecular formula is C14H19BrO. The van der Waals surface area contributed by atoms with Crippen molar-refractivity contribution in [2.24, 2.45) is 0 Å². The molecule has 0 amide bonds. The molecule has 1 heterocycles. The summed E-state index contributed by atoms with van der Waals surface area (Å²) in [5, 5.41) is 0. The Labute approximate surface area is 106 Å². The van der Waals surface area contributed by atoms with Gasteiger partial charge in [0.1, 0.15) is 0 Å². The van der Waals surface area contributed by atoms with Crippen LogP contribution in [0.3, 0.4) is 0 Å². The highest BCUT2D eigenvalue weighted by atomic mass is 79.9. The van der Waals surface area contributed by atoms with Gasteiger partial charge < -0.3 is 4.74 Å². The van der Waals surface area contributed by atoms with Crippen molar-refractivity contribution in [2.45, 2.75) is 52.7 Å². The number of hydrogen-bond donors (Lipinski definition) is 0. The fraction of sp³-hybridized carbons (Fsp3) is 0.571. The molecule has 0 unspecified atom stereocenters. The molecule has 0 saturated carbocycles. The summed E-state index contributed by atoms with van der Waals surface area (Å²) in [5.74, 6) is 1.10. The summed E-state index contributed by atoms with van der Waals surface area (Å²) in [5.41, 5.74) is 5.65. The highest BCUT2D eigenvalue weighted by Crippen LogP contribution is 2.39. The largest absolute Gasteiger partial charge is 0.372 e. The van der Waals surface area contributed by atoms with Crippen molar-refractivity contribution in [3.63, 3.8) is 0 Å². The van der Waals surface area contributed by atoms with Crippen molar-refractivity contribution in [3.8, 4) is 0 Å². The van der Waals surface area contributed by atoms with E-state index in [1.165, 1.54) is 26.7 Å². The van der Waals surface area contributed by atoms with Crippen LogP contribution in [0.15, 0.2) is 10.5 Å². The van der Waals surface area contributed by atoms with Crippen molar-refractivity contribution < 1.29 is 4.74 Å². The van der Waals surface area contributed by atoms with Gasteiger partial charge in [0.2, 0.25) is 0 Å². The topological polar surface area (TPSA) is 9.23 Å². The lowest BCUT2D eigenvalue weighted by atomic mass is 9.89.